The van der Waals surface area contributed by atoms with Gasteiger partial charge in [0.25, 0.3) is 0 Å². The van der Waals surface area contributed by atoms with Crippen LogP contribution in [0.1, 0.15) is 34.3 Å². The molecular formula is C20H20N2O5. The first kappa shape index (κ1) is 19.8. The predicted molar refractivity (Wildman–Crippen MR) is 97.9 cm³/mol. The fourth-order valence-corrected chi connectivity index (χ4v) is 2.72. The van der Waals surface area contributed by atoms with Crippen LogP contribution in [0.2, 0.25) is 0 Å². The van der Waals surface area contributed by atoms with E-state index in [1.54, 1.807) is 37.3 Å². The molecule has 0 aliphatic carbocycles. The lowest BCUT2D eigenvalue weighted by molar-refractivity contribution is 0.0600. The molecule has 7 heteroatoms. The number of esters is 1. The van der Waals surface area contributed by atoms with Crippen molar-refractivity contribution in [3.63, 3.8) is 0 Å². The minimum atomic E-state index is -0.439. The topological polar surface area (TPSA) is 126 Å². The van der Waals surface area contributed by atoms with Crippen LogP contribution >= 0.6 is 0 Å². The van der Waals surface area contributed by atoms with E-state index in [0.29, 0.717) is 16.9 Å². The number of phenols is 1. The number of aromatic hydroxyl groups is 1. The number of carbonyl (C=O) groups is 1. The molecule has 2 aromatic rings. The van der Waals surface area contributed by atoms with Crippen molar-refractivity contribution >= 4 is 5.97 Å². The lowest BCUT2D eigenvalue weighted by Crippen LogP contribution is -2.21. The van der Waals surface area contributed by atoms with E-state index < -0.39 is 11.9 Å². The summed E-state index contributed by atoms with van der Waals surface area (Å²) in [6.45, 7) is 1.93. The summed E-state index contributed by atoms with van der Waals surface area (Å²) in [6.07, 6.45) is 0. The molecule has 0 fully saturated rings. The second-order valence-electron chi connectivity index (χ2n) is 5.58. The van der Waals surface area contributed by atoms with Crippen LogP contribution in [-0.4, -0.2) is 29.9 Å². The molecule has 27 heavy (non-hydrogen) atoms. The van der Waals surface area contributed by atoms with Gasteiger partial charge in [-0.25, -0.2) is 4.79 Å². The van der Waals surface area contributed by atoms with E-state index in [2.05, 4.69) is 10.8 Å². The van der Waals surface area contributed by atoms with Crippen LogP contribution in [0.25, 0.3) is 0 Å². The van der Waals surface area contributed by atoms with Gasteiger partial charge >= 0.3 is 5.97 Å². The Morgan fingerprint density at radius 3 is 2.48 bits per heavy atom. The SMILES string of the molecule is CCO.COC(=O)c1ccc(C2C(C#N)=C(N)Oc3cc(O)ccc32)cc1. The molecule has 0 aromatic heterocycles. The molecule has 1 aliphatic heterocycles. The highest BCUT2D eigenvalue weighted by Crippen LogP contribution is 2.43. The van der Waals surface area contributed by atoms with Gasteiger partial charge in [0.2, 0.25) is 5.88 Å². The third-order valence-electron chi connectivity index (χ3n) is 3.87. The van der Waals surface area contributed by atoms with E-state index in [1.807, 2.05) is 0 Å². The Hall–Kier alpha value is -3.50. The summed E-state index contributed by atoms with van der Waals surface area (Å²) in [5.74, 6) is -0.437. The molecular weight excluding hydrogens is 348 g/mol. The molecule has 2 aromatic carbocycles. The van der Waals surface area contributed by atoms with Crippen molar-refractivity contribution in [2.45, 2.75) is 12.8 Å². The molecule has 0 saturated carbocycles. The Bertz CT molecular complexity index is 898. The number of rotatable bonds is 2. The molecule has 0 saturated heterocycles. The summed E-state index contributed by atoms with van der Waals surface area (Å²) in [7, 11) is 1.31. The van der Waals surface area contributed by atoms with Crippen molar-refractivity contribution in [1.29, 1.82) is 5.26 Å². The number of fused-ring (bicyclic) bond motifs is 1. The smallest absolute Gasteiger partial charge is 0.337 e. The van der Waals surface area contributed by atoms with Gasteiger partial charge in [0.05, 0.1) is 18.6 Å². The molecule has 0 amide bonds. The Kier molecular flexibility index (Phi) is 6.41. The maximum atomic E-state index is 11.6. The van der Waals surface area contributed by atoms with Crippen LogP contribution in [-0.2, 0) is 4.74 Å². The zero-order valence-electron chi connectivity index (χ0n) is 15.0. The number of benzene rings is 2. The number of hydrogen-bond acceptors (Lipinski definition) is 7. The van der Waals surface area contributed by atoms with Crippen molar-refractivity contribution in [3.8, 4) is 17.6 Å². The minimum Gasteiger partial charge on any atom is -0.508 e. The maximum absolute atomic E-state index is 11.6. The van der Waals surface area contributed by atoms with E-state index in [1.165, 1.54) is 19.2 Å². The lowest BCUT2D eigenvalue weighted by Gasteiger charge is -2.26. The van der Waals surface area contributed by atoms with Gasteiger partial charge in [-0.1, -0.05) is 18.2 Å². The molecule has 0 bridgehead atoms. The Labute approximate surface area is 156 Å². The number of phenolic OH excluding ortho intramolecular Hbond substituents is 1. The van der Waals surface area contributed by atoms with Crippen LogP contribution in [0, 0.1) is 11.3 Å². The number of nitrogens with zero attached hydrogens (tertiary/aromatic N) is 1. The lowest BCUT2D eigenvalue weighted by atomic mass is 9.83. The molecule has 1 heterocycles. The first-order valence-electron chi connectivity index (χ1n) is 8.16. The monoisotopic (exact) mass is 368 g/mol. The fourth-order valence-electron chi connectivity index (χ4n) is 2.72. The van der Waals surface area contributed by atoms with Gasteiger partial charge in [0.15, 0.2) is 0 Å². The zero-order chi connectivity index (χ0) is 20.0. The highest BCUT2D eigenvalue weighted by atomic mass is 16.5. The van der Waals surface area contributed by atoms with E-state index in [-0.39, 0.29) is 23.8 Å². The molecule has 0 radical (unpaired) electrons. The first-order valence-corrected chi connectivity index (χ1v) is 8.16. The van der Waals surface area contributed by atoms with Gasteiger partial charge in [-0.05, 0) is 30.7 Å². The Balaban J connectivity index is 0.000000817. The van der Waals surface area contributed by atoms with Gasteiger partial charge in [0, 0.05) is 18.2 Å². The predicted octanol–water partition coefficient (Wildman–Crippen LogP) is 2.40. The van der Waals surface area contributed by atoms with E-state index in [4.69, 9.17) is 15.6 Å². The molecule has 0 spiro atoms. The fraction of sp³-hybridized carbons (Fsp3) is 0.200. The molecule has 7 nitrogen and oxygen atoms in total. The molecule has 1 atom stereocenters. The van der Waals surface area contributed by atoms with Crippen molar-refractivity contribution < 1.29 is 24.5 Å². The Morgan fingerprint density at radius 2 is 1.93 bits per heavy atom. The largest absolute Gasteiger partial charge is 0.508 e. The van der Waals surface area contributed by atoms with Crippen LogP contribution in [0.15, 0.2) is 53.9 Å². The summed E-state index contributed by atoms with van der Waals surface area (Å²) < 4.78 is 10.1. The van der Waals surface area contributed by atoms with Crippen LogP contribution in [0.4, 0.5) is 0 Å². The second-order valence-corrected chi connectivity index (χ2v) is 5.58. The van der Waals surface area contributed by atoms with E-state index in [9.17, 15) is 15.2 Å². The summed E-state index contributed by atoms with van der Waals surface area (Å²) in [5.41, 5.74) is 8.04. The number of aliphatic hydroxyl groups is 1. The van der Waals surface area contributed by atoms with Crippen LogP contribution in [0.3, 0.4) is 0 Å². The average molecular weight is 368 g/mol. The van der Waals surface area contributed by atoms with Gasteiger partial charge in [0.1, 0.15) is 23.1 Å². The van der Waals surface area contributed by atoms with Gasteiger partial charge in [-0.2, -0.15) is 5.26 Å². The third kappa shape index (κ3) is 4.19. The normalized spacial score (nSPS) is 14.8. The summed E-state index contributed by atoms with van der Waals surface area (Å²) in [4.78, 5) is 11.6. The third-order valence-corrected chi connectivity index (χ3v) is 3.87. The standard InChI is InChI=1S/C18H14N2O4.C2H6O/c1-23-18(22)11-4-2-10(3-5-11)16-13-7-6-12(21)8-15(13)24-17(20)14(16)9-19;1-2-3/h2-8,16,21H,20H2,1H3;3H,2H2,1H3. The van der Waals surface area contributed by atoms with Crippen molar-refractivity contribution in [2.24, 2.45) is 5.73 Å². The number of allylic oxidation sites excluding steroid dienone is 1. The summed E-state index contributed by atoms with van der Waals surface area (Å²) in [5, 5.41) is 26.7. The van der Waals surface area contributed by atoms with Crippen LogP contribution in [0.5, 0.6) is 11.5 Å². The summed E-state index contributed by atoms with van der Waals surface area (Å²) in [6, 6.07) is 13.5. The first-order chi connectivity index (χ1) is 13.0. The molecule has 1 aliphatic rings. The van der Waals surface area contributed by atoms with Gasteiger partial charge in [-0.15, -0.1) is 0 Å². The van der Waals surface area contributed by atoms with Crippen LogP contribution < -0.4 is 10.5 Å². The minimum absolute atomic E-state index is 0.00218. The van der Waals surface area contributed by atoms with E-state index >= 15 is 0 Å². The van der Waals surface area contributed by atoms with E-state index in [0.717, 1.165) is 5.56 Å². The number of ether oxygens (including phenoxy) is 2. The van der Waals surface area contributed by atoms with Gasteiger partial charge in [-0.3, -0.25) is 0 Å². The zero-order valence-corrected chi connectivity index (χ0v) is 15.0. The van der Waals surface area contributed by atoms with Crippen molar-refractivity contribution in [2.75, 3.05) is 13.7 Å². The quantitative estimate of drug-likeness (QED) is 0.695. The number of nitrogens with two attached hydrogens (primary N) is 1. The van der Waals surface area contributed by atoms with Gasteiger partial charge < -0.3 is 25.4 Å². The molecule has 140 valence electrons. The highest BCUT2D eigenvalue weighted by Gasteiger charge is 2.30. The molecule has 4 N–H and O–H groups in total. The molecule has 1 unspecified atom stereocenters. The maximum Gasteiger partial charge on any atom is 0.337 e. The van der Waals surface area contributed by atoms with Crippen molar-refractivity contribution in [3.05, 3.63) is 70.6 Å². The van der Waals surface area contributed by atoms with Crippen molar-refractivity contribution in [1.82, 2.24) is 0 Å². The highest BCUT2D eigenvalue weighted by molar-refractivity contribution is 5.89. The number of nitriles is 1. The number of carbonyl (C=O) groups excluding carboxylic acids is 1. The average Bonchev–Trinajstić information content (AvgIpc) is 2.67. The number of methoxy groups -OCH3 is 1. The molecule has 3 rings (SSSR count). The second kappa shape index (κ2) is 8.74. The number of aliphatic hydroxyl groups excluding tert-OH is 1. The number of hydrogen-bond donors (Lipinski definition) is 3. The summed E-state index contributed by atoms with van der Waals surface area (Å²) >= 11 is 0. The Morgan fingerprint density at radius 1 is 1.30 bits per heavy atom.